The van der Waals surface area contributed by atoms with Crippen LogP contribution in [0, 0.1) is 0 Å². The van der Waals surface area contributed by atoms with Crippen molar-refractivity contribution in [2.45, 2.75) is 0 Å². The van der Waals surface area contributed by atoms with E-state index in [1.807, 2.05) is 0 Å². The van der Waals surface area contributed by atoms with Gasteiger partial charge in [0.2, 0.25) is 4.97 Å². The van der Waals surface area contributed by atoms with Crippen LogP contribution >= 0.6 is 27.5 Å². The first-order valence-electron chi connectivity index (χ1n) is 2.41. The van der Waals surface area contributed by atoms with Gasteiger partial charge in [-0.15, -0.1) is 0 Å². The summed E-state index contributed by atoms with van der Waals surface area (Å²) in [6.45, 7) is 0. The molecule has 0 aliphatic carbocycles. The standard InChI is InChI=1S/CH3Cl2OPS/c1-4-5(2,3)6/h1H3/i1D3. The molecule has 0 aromatic heterocycles. The molecule has 0 rings (SSSR count). The first-order chi connectivity index (χ1) is 3.71. The molecular weight excluding hydrogens is 162 g/mol. The van der Waals surface area contributed by atoms with Crippen LogP contribution in [0.4, 0.5) is 0 Å². The molecule has 0 N–H and O–H groups in total. The topological polar surface area (TPSA) is 9.23 Å². The first kappa shape index (κ1) is 3.26. The normalized spacial score (nSPS) is 21.3. The van der Waals surface area contributed by atoms with Gasteiger partial charge in [-0.05, 0) is 34.3 Å². The molecule has 0 saturated heterocycles. The van der Waals surface area contributed by atoms with E-state index in [0.29, 0.717) is 0 Å². The smallest absolute Gasteiger partial charge is 0.240 e. The van der Waals surface area contributed by atoms with E-state index in [0.717, 1.165) is 0 Å². The van der Waals surface area contributed by atoms with Gasteiger partial charge in [-0.3, -0.25) is 0 Å². The number of hydrogen-bond donors (Lipinski definition) is 0. The molecule has 0 amide bonds. The lowest BCUT2D eigenvalue weighted by molar-refractivity contribution is 0.479. The van der Waals surface area contributed by atoms with Gasteiger partial charge in [0, 0.05) is 7.04 Å². The zero-order valence-corrected chi connectivity index (χ0v) is 5.74. The van der Waals surface area contributed by atoms with E-state index in [1.165, 1.54) is 0 Å². The average Bonchev–Trinajstić information content (AvgIpc) is 1.14. The number of hydrogen-bond acceptors (Lipinski definition) is 2. The van der Waals surface area contributed by atoms with Crippen molar-refractivity contribution in [3.05, 3.63) is 0 Å². The maximum atomic E-state index is 6.49. The Balaban J connectivity index is 3.90. The molecule has 0 aliphatic heterocycles. The molecule has 0 spiro atoms. The van der Waals surface area contributed by atoms with Crippen LogP contribution in [0.15, 0.2) is 0 Å². The Morgan fingerprint density at radius 3 is 2.50 bits per heavy atom. The van der Waals surface area contributed by atoms with Gasteiger partial charge in [-0.1, -0.05) is 0 Å². The Labute approximate surface area is 55.5 Å². The van der Waals surface area contributed by atoms with Crippen LogP contribution < -0.4 is 0 Å². The Kier molecular flexibility index (Phi) is 1.35. The van der Waals surface area contributed by atoms with Crippen molar-refractivity contribution in [1.29, 1.82) is 0 Å². The summed E-state index contributed by atoms with van der Waals surface area (Å²) in [5, 5.41) is 0. The predicted octanol–water partition coefficient (Wildman–Crippen LogP) is 2.33. The first-order valence-corrected chi connectivity index (χ1v) is 5.44. The highest BCUT2D eigenvalue weighted by molar-refractivity contribution is 8.36. The van der Waals surface area contributed by atoms with Crippen molar-refractivity contribution in [1.82, 2.24) is 0 Å². The Morgan fingerprint density at radius 1 is 2.00 bits per heavy atom. The monoisotopic (exact) mass is 167 g/mol. The van der Waals surface area contributed by atoms with Crippen molar-refractivity contribution in [2.24, 2.45) is 0 Å². The fourth-order valence-corrected chi connectivity index (χ4v) is 0. The molecule has 0 fully saturated rings. The van der Waals surface area contributed by atoms with Crippen LogP contribution in [0.3, 0.4) is 0 Å². The van der Waals surface area contributed by atoms with Crippen LogP contribution in [0.5, 0.6) is 0 Å². The summed E-state index contributed by atoms with van der Waals surface area (Å²) in [6, 6.07) is 0. The van der Waals surface area contributed by atoms with Crippen molar-refractivity contribution < 1.29 is 8.64 Å². The van der Waals surface area contributed by atoms with E-state index in [1.54, 1.807) is 0 Å². The molecule has 1 nitrogen and oxygen atoms in total. The third-order valence-corrected chi connectivity index (χ3v) is 0.956. The van der Waals surface area contributed by atoms with E-state index >= 15 is 0 Å². The second-order valence-corrected chi connectivity index (χ2v) is 7.64. The molecule has 0 bridgehead atoms. The van der Waals surface area contributed by atoms with Crippen LogP contribution in [0.1, 0.15) is 4.11 Å². The van der Waals surface area contributed by atoms with Gasteiger partial charge in [0.25, 0.3) is 0 Å². The van der Waals surface area contributed by atoms with Gasteiger partial charge in [-0.25, -0.2) is 0 Å². The van der Waals surface area contributed by atoms with Gasteiger partial charge in [0.1, 0.15) is 0 Å². The quantitative estimate of drug-likeness (QED) is 0.555. The molecule has 0 aromatic rings. The van der Waals surface area contributed by atoms with Crippen molar-refractivity contribution in [3.8, 4) is 0 Å². The summed E-state index contributed by atoms with van der Waals surface area (Å²) in [6.07, 6.45) is 0. The fourth-order valence-electron chi connectivity index (χ4n) is 0. The lowest BCUT2D eigenvalue weighted by atomic mass is 11.8. The molecule has 0 unspecified atom stereocenters. The van der Waals surface area contributed by atoms with Gasteiger partial charge in [-0.2, -0.15) is 0 Å². The van der Waals surface area contributed by atoms with E-state index in [4.69, 9.17) is 26.6 Å². The van der Waals surface area contributed by atoms with Crippen molar-refractivity contribution in [3.63, 3.8) is 0 Å². The number of rotatable bonds is 1. The summed E-state index contributed by atoms with van der Waals surface area (Å²) < 4.78 is 23.6. The lowest BCUT2D eigenvalue weighted by Crippen LogP contribution is -1.59. The second-order valence-electron chi connectivity index (χ2n) is 0.506. The van der Waals surface area contributed by atoms with E-state index in [2.05, 4.69) is 16.3 Å². The average molecular weight is 168 g/mol. The van der Waals surface area contributed by atoms with Gasteiger partial charge < -0.3 is 4.52 Å². The molecule has 6 heavy (non-hydrogen) atoms. The van der Waals surface area contributed by atoms with Crippen molar-refractivity contribution in [2.75, 3.05) is 7.04 Å². The van der Waals surface area contributed by atoms with Crippen molar-refractivity contribution >= 4 is 39.3 Å². The minimum Gasteiger partial charge on any atom is -0.330 e. The minimum atomic E-state index is -3.07. The molecule has 0 saturated carbocycles. The summed E-state index contributed by atoms with van der Waals surface area (Å²) in [5.41, 5.74) is 0. The molecule has 0 radical (unpaired) electrons. The highest BCUT2D eigenvalue weighted by atomic mass is 35.9. The summed E-state index contributed by atoms with van der Waals surface area (Å²) in [4.78, 5) is -3.07. The maximum Gasteiger partial charge on any atom is 0.240 e. The zero-order chi connectivity index (χ0) is 7.71. The molecule has 0 aliphatic rings. The van der Waals surface area contributed by atoms with E-state index in [9.17, 15) is 0 Å². The minimum absolute atomic E-state index is 2.58. The van der Waals surface area contributed by atoms with E-state index in [-0.39, 0.29) is 0 Å². The second kappa shape index (κ2) is 2.49. The Hall–Kier alpha value is 1.19. The van der Waals surface area contributed by atoms with Crippen LogP contribution in [0.2, 0.25) is 0 Å². The molecule has 5 heteroatoms. The van der Waals surface area contributed by atoms with Crippen LogP contribution in [-0.4, -0.2) is 7.04 Å². The van der Waals surface area contributed by atoms with Crippen LogP contribution in [0.25, 0.3) is 0 Å². The number of halogens is 2. The third-order valence-electron chi connectivity index (χ3n) is 0.106. The predicted molar refractivity (Wildman–Crippen MR) is 33.0 cm³/mol. The molecule has 0 aromatic carbocycles. The molecule has 0 atom stereocenters. The van der Waals surface area contributed by atoms with Gasteiger partial charge in [0.15, 0.2) is 0 Å². The molecule has 0 heterocycles. The highest BCUT2D eigenvalue weighted by Crippen LogP contribution is 2.57. The van der Waals surface area contributed by atoms with Crippen LogP contribution in [-0.2, 0) is 16.3 Å². The summed E-state index contributed by atoms with van der Waals surface area (Å²) >= 11 is 14.5. The zero-order valence-electron chi connectivity index (χ0n) is 5.52. The van der Waals surface area contributed by atoms with E-state index < -0.39 is 12.0 Å². The fraction of sp³-hybridized carbons (Fsp3) is 1.00. The molecular formula is CH3Cl2OPS. The highest BCUT2D eigenvalue weighted by Gasteiger charge is 2.01. The third kappa shape index (κ3) is 5.19. The summed E-state index contributed by atoms with van der Waals surface area (Å²) in [5.74, 6) is 0. The lowest BCUT2D eigenvalue weighted by Gasteiger charge is -1.95. The molecule has 38 valence electrons. The maximum absolute atomic E-state index is 6.49. The largest absolute Gasteiger partial charge is 0.330 e. The SMILES string of the molecule is [2H]C([2H])([2H])OP(=S)(Cl)Cl. The van der Waals surface area contributed by atoms with Gasteiger partial charge >= 0.3 is 0 Å². The summed E-state index contributed by atoms with van der Waals surface area (Å²) in [7, 11) is -2.58. The van der Waals surface area contributed by atoms with Gasteiger partial charge in [0.05, 0.1) is 4.11 Å². The Bertz CT molecular complexity index is 139. The Morgan fingerprint density at radius 2 is 2.50 bits per heavy atom.